The minimum absolute atomic E-state index is 0.477. The lowest BCUT2D eigenvalue weighted by atomic mass is 10.5. The van der Waals surface area contributed by atoms with Crippen LogP contribution in [0.3, 0.4) is 0 Å². The summed E-state index contributed by atoms with van der Waals surface area (Å²) in [5.41, 5.74) is 0. The lowest BCUT2D eigenvalue weighted by Crippen LogP contribution is -2.31. The van der Waals surface area contributed by atoms with Crippen LogP contribution < -0.4 is 9.98 Å². The number of thiocarbonyl (C=S) groups is 1. The van der Waals surface area contributed by atoms with Crippen LogP contribution in [0.4, 0.5) is 0 Å². The van der Waals surface area contributed by atoms with Crippen LogP contribution in [-0.4, -0.2) is 18.3 Å². The van der Waals surface area contributed by atoms with Crippen molar-refractivity contribution in [3.05, 3.63) is 0 Å². The van der Waals surface area contributed by atoms with Gasteiger partial charge in [0.25, 0.3) is 0 Å². The van der Waals surface area contributed by atoms with Crippen LogP contribution in [0.25, 0.3) is 0 Å². The van der Waals surface area contributed by atoms with Gasteiger partial charge in [-0.05, 0) is 23.4 Å². The lowest BCUT2D eigenvalue weighted by molar-refractivity contribution is -0.198. The van der Waals surface area contributed by atoms with E-state index in [2.05, 4.69) is 22.1 Å². The van der Waals surface area contributed by atoms with Crippen molar-refractivity contribution < 1.29 is 9.42 Å². The Kier molecular flexibility index (Phi) is 2.86. The predicted octanol–water partition coefficient (Wildman–Crippen LogP) is 0.137. The molecule has 1 unspecified atom stereocenters. The molecular formula is C4H7N2O2PS. The molecule has 1 N–H and O–H groups in total. The summed E-state index contributed by atoms with van der Waals surface area (Å²) in [4.78, 5) is 11.2. The third-order valence-electron chi connectivity index (χ3n) is 1.07. The third kappa shape index (κ3) is 2.06. The average Bonchev–Trinajstić information content (AvgIpc) is 1.89. The van der Waals surface area contributed by atoms with Gasteiger partial charge in [-0.25, -0.2) is 0 Å². The highest BCUT2D eigenvalue weighted by Crippen LogP contribution is 2.49. The van der Waals surface area contributed by atoms with Crippen molar-refractivity contribution in [2.75, 3.05) is 13.2 Å². The van der Waals surface area contributed by atoms with Gasteiger partial charge in [0.05, 0.1) is 6.61 Å². The van der Waals surface area contributed by atoms with E-state index in [1.54, 1.807) is 0 Å². The minimum Gasteiger partial charge on any atom is -0.620 e. The molecule has 0 aromatic rings. The summed E-state index contributed by atoms with van der Waals surface area (Å²) in [5.74, 6) is 0. The first kappa shape index (κ1) is 8.21. The van der Waals surface area contributed by atoms with Crippen LogP contribution >= 0.6 is 20.2 Å². The van der Waals surface area contributed by atoms with E-state index in [4.69, 9.17) is 4.52 Å². The molecule has 1 aliphatic rings. The van der Waals surface area contributed by atoms with Gasteiger partial charge in [-0.15, -0.1) is 5.09 Å². The van der Waals surface area contributed by atoms with Gasteiger partial charge < -0.3 is 4.89 Å². The van der Waals surface area contributed by atoms with E-state index in [1.165, 1.54) is 0 Å². The second-order valence-electron chi connectivity index (χ2n) is 1.81. The summed E-state index contributed by atoms with van der Waals surface area (Å²) in [6.07, 6.45) is 0.858. The van der Waals surface area contributed by atoms with Crippen molar-refractivity contribution in [3.8, 4) is 0 Å². The highest BCUT2D eigenvalue weighted by Gasteiger charge is 2.30. The van der Waals surface area contributed by atoms with Gasteiger partial charge in [-0.2, -0.15) is 4.52 Å². The maximum absolute atomic E-state index is 11.2. The maximum atomic E-state index is 11.2. The fourth-order valence-corrected chi connectivity index (χ4v) is 2.11. The Balaban J connectivity index is 2.56. The fourth-order valence-electron chi connectivity index (χ4n) is 0.644. The molecule has 1 fully saturated rings. The van der Waals surface area contributed by atoms with E-state index in [9.17, 15) is 4.89 Å². The van der Waals surface area contributed by atoms with E-state index < -0.39 is 8.02 Å². The molecular weight excluding hydrogens is 171 g/mol. The van der Waals surface area contributed by atoms with Gasteiger partial charge in [0.1, 0.15) is 5.16 Å². The normalized spacial score (nSPS) is 32.9. The van der Waals surface area contributed by atoms with Crippen molar-refractivity contribution in [2.45, 2.75) is 6.42 Å². The Hall–Kier alpha value is 0.110. The van der Waals surface area contributed by atoms with Gasteiger partial charge >= 0.3 is 8.02 Å². The van der Waals surface area contributed by atoms with Crippen molar-refractivity contribution in [2.24, 2.45) is 4.76 Å². The van der Waals surface area contributed by atoms with E-state index in [0.717, 1.165) is 6.42 Å². The van der Waals surface area contributed by atoms with Crippen molar-refractivity contribution in [3.63, 3.8) is 0 Å². The predicted molar refractivity (Wildman–Crippen MR) is 40.5 cm³/mol. The zero-order valence-corrected chi connectivity index (χ0v) is 6.95. The van der Waals surface area contributed by atoms with Crippen LogP contribution in [0.15, 0.2) is 4.76 Å². The zero-order valence-electron chi connectivity index (χ0n) is 5.24. The largest absolute Gasteiger partial charge is 0.620 e. The Morgan fingerprint density at radius 3 is 3.10 bits per heavy atom. The van der Waals surface area contributed by atoms with E-state index in [0.29, 0.717) is 13.2 Å². The van der Waals surface area contributed by atoms with E-state index >= 15 is 0 Å². The van der Waals surface area contributed by atoms with Crippen LogP contribution in [0.1, 0.15) is 6.42 Å². The minimum atomic E-state index is -2.95. The highest BCUT2D eigenvalue weighted by atomic mass is 32.1. The quantitative estimate of drug-likeness (QED) is 0.352. The second kappa shape index (κ2) is 3.49. The van der Waals surface area contributed by atoms with Gasteiger partial charge in [0.15, 0.2) is 0 Å². The summed E-state index contributed by atoms with van der Waals surface area (Å²) in [7, 11) is -2.95. The molecule has 1 heterocycles. The SMILES string of the molecule is [O-][P+]1(N=C=S)NCCCO1. The average molecular weight is 178 g/mol. The number of hydrogen-bond donors (Lipinski definition) is 1. The molecule has 0 aromatic heterocycles. The Bertz CT molecular complexity index is 165. The molecule has 1 rings (SSSR count). The Morgan fingerprint density at radius 2 is 2.60 bits per heavy atom. The van der Waals surface area contributed by atoms with E-state index in [-0.39, 0.29) is 0 Å². The molecule has 0 spiro atoms. The summed E-state index contributed by atoms with van der Waals surface area (Å²) in [5, 5.41) is 4.67. The molecule has 0 aromatic carbocycles. The first-order valence-electron chi connectivity index (χ1n) is 2.86. The molecule has 56 valence electrons. The number of nitrogens with one attached hydrogen (secondary N) is 1. The zero-order chi connectivity index (χ0) is 7.45. The first-order valence-corrected chi connectivity index (χ1v) is 4.84. The molecule has 0 saturated carbocycles. The molecule has 6 heteroatoms. The molecule has 0 radical (unpaired) electrons. The molecule has 10 heavy (non-hydrogen) atoms. The standard InChI is InChI=1S/C4H7N2O2PS/c7-9(6-4-10)5-2-1-3-8-9/h1-3H2,(H,5,7). The summed E-state index contributed by atoms with van der Waals surface area (Å²) in [6, 6.07) is 0. The monoisotopic (exact) mass is 178 g/mol. The molecule has 0 bridgehead atoms. The number of rotatable bonds is 1. The smallest absolute Gasteiger partial charge is 0.309 e. The van der Waals surface area contributed by atoms with Gasteiger partial charge in [-0.3, -0.25) is 0 Å². The molecule has 1 saturated heterocycles. The van der Waals surface area contributed by atoms with Crippen LogP contribution in [0.2, 0.25) is 0 Å². The van der Waals surface area contributed by atoms with Crippen LogP contribution in [0, 0.1) is 0 Å². The molecule has 0 aliphatic carbocycles. The van der Waals surface area contributed by atoms with Crippen molar-refractivity contribution >= 4 is 25.4 Å². The number of isothiocyanates is 1. The van der Waals surface area contributed by atoms with Gasteiger partial charge in [0.2, 0.25) is 0 Å². The molecule has 1 aliphatic heterocycles. The summed E-state index contributed by atoms with van der Waals surface area (Å²) < 4.78 is 8.26. The summed E-state index contributed by atoms with van der Waals surface area (Å²) in [6.45, 7) is 1.14. The van der Waals surface area contributed by atoms with Crippen LogP contribution in [0.5, 0.6) is 0 Å². The first-order chi connectivity index (χ1) is 4.77. The van der Waals surface area contributed by atoms with E-state index in [1.807, 2.05) is 5.16 Å². The third-order valence-corrected chi connectivity index (χ3v) is 2.82. The van der Waals surface area contributed by atoms with Gasteiger partial charge in [-0.1, -0.05) is 0 Å². The maximum Gasteiger partial charge on any atom is 0.309 e. The number of nitrogens with zero attached hydrogens (tertiary/aromatic N) is 1. The lowest BCUT2D eigenvalue weighted by Gasteiger charge is -2.25. The Labute approximate surface area is 64.9 Å². The van der Waals surface area contributed by atoms with Crippen LogP contribution in [-0.2, 0) is 4.52 Å². The van der Waals surface area contributed by atoms with Gasteiger partial charge in [0, 0.05) is 6.54 Å². The summed E-state index contributed by atoms with van der Waals surface area (Å²) >= 11 is 4.30. The topological polar surface area (TPSA) is 56.7 Å². The Morgan fingerprint density at radius 1 is 1.80 bits per heavy atom. The highest BCUT2D eigenvalue weighted by molar-refractivity contribution is 7.78. The number of hydrogen-bond acceptors (Lipinski definition) is 5. The molecule has 1 atom stereocenters. The van der Waals surface area contributed by atoms with Crippen molar-refractivity contribution in [1.29, 1.82) is 0 Å². The van der Waals surface area contributed by atoms with Crippen molar-refractivity contribution in [1.82, 2.24) is 5.09 Å². The second-order valence-corrected chi connectivity index (χ2v) is 3.80. The molecule has 4 nitrogen and oxygen atoms in total. The fraction of sp³-hybridized carbons (Fsp3) is 0.750. The molecule has 0 amide bonds.